The maximum absolute atomic E-state index is 11.8. The number of nitrogens with one attached hydrogen (secondary N) is 1. The number of hydrogen-bond donors (Lipinski definition) is 3. The first-order chi connectivity index (χ1) is 9.90. The summed E-state index contributed by atoms with van der Waals surface area (Å²) in [4.78, 5) is 34.4. The minimum atomic E-state index is -1.18. The average molecular weight is 310 g/mol. The molecule has 0 radical (unpaired) electrons. The number of carbonyl (C=O) groups excluding carboxylic acids is 2. The van der Waals surface area contributed by atoms with Crippen LogP contribution < -0.4 is 11.1 Å². The van der Waals surface area contributed by atoms with Crippen LogP contribution in [-0.2, 0) is 14.4 Å². The van der Waals surface area contributed by atoms with Crippen molar-refractivity contribution in [2.75, 3.05) is 5.75 Å². The molecule has 0 aliphatic carbocycles. The second-order valence-electron chi connectivity index (χ2n) is 4.52. The molecule has 6 nitrogen and oxygen atoms in total. The van der Waals surface area contributed by atoms with Crippen LogP contribution in [0.25, 0.3) is 0 Å². The molecule has 0 fully saturated rings. The molecule has 0 aliphatic rings. The van der Waals surface area contributed by atoms with Gasteiger partial charge >= 0.3 is 5.97 Å². The fraction of sp³-hybridized carbons (Fsp3) is 0.357. The Bertz CT molecular complexity index is 533. The van der Waals surface area contributed by atoms with E-state index in [1.54, 1.807) is 0 Å². The smallest absolute Gasteiger partial charge is 0.326 e. The highest BCUT2D eigenvalue weighted by Crippen LogP contribution is 2.21. The quantitative estimate of drug-likeness (QED) is 0.619. The van der Waals surface area contributed by atoms with E-state index in [0.29, 0.717) is 0 Å². The second-order valence-corrected chi connectivity index (χ2v) is 5.53. The highest BCUT2D eigenvalue weighted by atomic mass is 32.2. The third kappa shape index (κ3) is 6.31. The van der Waals surface area contributed by atoms with E-state index in [9.17, 15) is 14.4 Å². The van der Waals surface area contributed by atoms with Gasteiger partial charge in [0, 0.05) is 11.3 Å². The predicted octanol–water partition coefficient (Wildman–Crippen LogP) is 0.922. The van der Waals surface area contributed by atoms with E-state index in [1.807, 2.05) is 31.2 Å². The molecule has 1 atom stereocenters. The van der Waals surface area contributed by atoms with Gasteiger partial charge in [0.25, 0.3) is 0 Å². The molecular formula is C14H18N2O4S. The lowest BCUT2D eigenvalue weighted by Crippen LogP contribution is -2.42. The summed E-state index contributed by atoms with van der Waals surface area (Å²) in [5, 5.41) is 11.4. The van der Waals surface area contributed by atoms with Gasteiger partial charge in [-0.15, -0.1) is 11.8 Å². The Morgan fingerprint density at radius 1 is 1.33 bits per heavy atom. The van der Waals surface area contributed by atoms with Crippen LogP contribution in [0.15, 0.2) is 29.2 Å². The van der Waals surface area contributed by atoms with Crippen molar-refractivity contribution in [1.82, 2.24) is 5.32 Å². The average Bonchev–Trinajstić information content (AvgIpc) is 2.42. The van der Waals surface area contributed by atoms with Gasteiger partial charge in [0.15, 0.2) is 0 Å². The molecule has 0 bridgehead atoms. The summed E-state index contributed by atoms with van der Waals surface area (Å²) >= 11 is 1.34. The Kier molecular flexibility index (Phi) is 6.74. The molecule has 2 amide bonds. The molecule has 0 saturated heterocycles. The minimum absolute atomic E-state index is 0.00849. The lowest BCUT2D eigenvalue weighted by atomic mass is 10.1. The monoisotopic (exact) mass is 310 g/mol. The van der Waals surface area contributed by atoms with Crippen molar-refractivity contribution in [3.63, 3.8) is 0 Å². The zero-order valence-corrected chi connectivity index (χ0v) is 12.5. The number of carboxylic acid groups (broad SMARTS) is 1. The van der Waals surface area contributed by atoms with Gasteiger partial charge in [0.2, 0.25) is 11.8 Å². The molecule has 0 unspecified atom stereocenters. The number of benzene rings is 1. The van der Waals surface area contributed by atoms with Gasteiger partial charge in [-0.1, -0.05) is 18.2 Å². The van der Waals surface area contributed by atoms with Gasteiger partial charge in [0.1, 0.15) is 6.04 Å². The standard InChI is InChI=1S/C14H18N2O4S/c1-9-4-2-3-5-11(9)21-8-13(18)16-10(14(19)20)6-7-12(15)17/h2-5,10H,6-8H2,1H3,(H2,15,17)(H,16,18)(H,19,20)/t10-/m1/s1. The number of aryl methyl sites for hydroxylation is 1. The zero-order valence-electron chi connectivity index (χ0n) is 11.7. The van der Waals surface area contributed by atoms with E-state index < -0.39 is 17.9 Å². The third-order valence-electron chi connectivity index (χ3n) is 2.77. The largest absolute Gasteiger partial charge is 0.480 e. The first kappa shape index (κ1) is 17.0. The second kappa shape index (κ2) is 8.31. The van der Waals surface area contributed by atoms with Gasteiger partial charge in [-0.05, 0) is 25.0 Å². The van der Waals surface area contributed by atoms with Gasteiger partial charge in [-0.2, -0.15) is 0 Å². The van der Waals surface area contributed by atoms with E-state index in [4.69, 9.17) is 10.8 Å². The Hall–Kier alpha value is -2.02. The molecule has 1 aromatic rings. The minimum Gasteiger partial charge on any atom is -0.480 e. The highest BCUT2D eigenvalue weighted by molar-refractivity contribution is 8.00. The summed E-state index contributed by atoms with van der Waals surface area (Å²) in [7, 11) is 0. The fourth-order valence-corrected chi connectivity index (χ4v) is 2.48. The zero-order chi connectivity index (χ0) is 15.8. The van der Waals surface area contributed by atoms with Gasteiger partial charge in [-0.3, -0.25) is 9.59 Å². The number of nitrogens with two attached hydrogens (primary N) is 1. The summed E-state index contributed by atoms with van der Waals surface area (Å²) in [6.07, 6.45) is -0.0897. The Labute approximate surface area is 127 Å². The summed E-state index contributed by atoms with van der Waals surface area (Å²) in [6.45, 7) is 1.94. The van der Waals surface area contributed by atoms with Crippen LogP contribution in [0.3, 0.4) is 0 Å². The summed E-state index contributed by atoms with van der Waals surface area (Å²) in [5.41, 5.74) is 6.03. The lowest BCUT2D eigenvalue weighted by molar-refractivity contribution is -0.141. The van der Waals surface area contributed by atoms with Crippen LogP contribution in [0, 0.1) is 6.92 Å². The number of primary amides is 1. The van der Waals surface area contributed by atoms with Crippen LogP contribution in [0.1, 0.15) is 18.4 Å². The summed E-state index contributed by atoms with van der Waals surface area (Å²) in [5.74, 6) is -2.04. The summed E-state index contributed by atoms with van der Waals surface area (Å²) in [6, 6.07) is 6.52. The van der Waals surface area contributed by atoms with Crippen LogP contribution in [0.4, 0.5) is 0 Å². The molecule has 1 rings (SSSR count). The first-order valence-electron chi connectivity index (χ1n) is 6.39. The van der Waals surface area contributed by atoms with Gasteiger partial charge < -0.3 is 16.2 Å². The molecule has 21 heavy (non-hydrogen) atoms. The Morgan fingerprint density at radius 3 is 2.57 bits per heavy atom. The molecule has 0 spiro atoms. The maximum atomic E-state index is 11.8. The first-order valence-corrected chi connectivity index (χ1v) is 7.37. The number of carboxylic acids is 1. The number of hydrogen-bond acceptors (Lipinski definition) is 4. The van der Waals surface area contributed by atoms with E-state index in [2.05, 4.69) is 5.32 Å². The number of carbonyl (C=O) groups is 3. The van der Waals surface area contributed by atoms with Crippen molar-refractivity contribution < 1.29 is 19.5 Å². The van der Waals surface area contributed by atoms with E-state index >= 15 is 0 Å². The van der Waals surface area contributed by atoms with Crippen molar-refractivity contribution >= 4 is 29.5 Å². The van der Waals surface area contributed by atoms with Crippen LogP contribution in [-0.4, -0.2) is 34.7 Å². The maximum Gasteiger partial charge on any atom is 0.326 e. The normalized spacial score (nSPS) is 11.7. The molecule has 4 N–H and O–H groups in total. The number of amides is 2. The van der Waals surface area contributed by atoms with Crippen molar-refractivity contribution in [2.45, 2.75) is 30.7 Å². The molecular weight excluding hydrogens is 292 g/mol. The van der Waals surface area contributed by atoms with Gasteiger partial charge in [-0.25, -0.2) is 4.79 Å². The molecule has 1 aromatic carbocycles. The predicted molar refractivity (Wildman–Crippen MR) is 79.9 cm³/mol. The van der Waals surface area contributed by atoms with Crippen LogP contribution in [0.5, 0.6) is 0 Å². The van der Waals surface area contributed by atoms with Crippen LogP contribution >= 0.6 is 11.8 Å². The van der Waals surface area contributed by atoms with E-state index in [1.165, 1.54) is 11.8 Å². The fourth-order valence-electron chi connectivity index (χ4n) is 1.64. The third-order valence-corrected chi connectivity index (χ3v) is 3.94. The van der Waals surface area contributed by atoms with Gasteiger partial charge in [0.05, 0.1) is 5.75 Å². The molecule has 7 heteroatoms. The molecule has 0 aliphatic heterocycles. The van der Waals surface area contributed by atoms with Crippen LogP contribution in [0.2, 0.25) is 0 Å². The highest BCUT2D eigenvalue weighted by Gasteiger charge is 2.20. The summed E-state index contributed by atoms with van der Waals surface area (Å²) < 4.78 is 0. The topological polar surface area (TPSA) is 109 Å². The Balaban J connectivity index is 2.49. The van der Waals surface area contributed by atoms with E-state index in [0.717, 1.165) is 10.5 Å². The van der Waals surface area contributed by atoms with Crippen molar-refractivity contribution in [3.05, 3.63) is 29.8 Å². The van der Waals surface area contributed by atoms with Crippen molar-refractivity contribution in [1.29, 1.82) is 0 Å². The molecule has 0 saturated carbocycles. The lowest BCUT2D eigenvalue weighted by Gasteiger charge is -2.13. The molecule has 0 heterocycles. The number of rotatable bonds is 8. The van der Waals surface area contributed by atoms with E-state index in [-0.39, 0.29) is 24.5 Å². The molecule has 114 valence electrons. The number of aliphatic carboxylic acids is 1. The SMILES string of the molecule is Cc1ccccc1SCC(=O)N[C@H](CCC(N)=O)C(=O)O. The number of thioether (sulfide) groups is 1. The van der Waals surface area contributed by atoms with Crippen molar-refractivity contribution in [3.8, 4) is 0 Å². The Morgan fingerprint density at radius 2 is 2.00 bits per heavy atom. The molecule has 0 aromatic heterocycles. The van der Waals surface area contributed by atoms with Crippen molar-refractivity contribution in [2.24, 2.45) is 5.73 Å².